The third kappa shape index (κ3) is 2.52. The molecule has 0 aliphatic carbocycles. The fraction of sp³-hybridized carbons (Fsp3) is 0. The summed E-state index contributed by atoms with van der Waals surface area (Å²) < 4.78 is 18.7. The number of benzene rings is 5. The first-order chi connectivity index (χ1) is 18.3. The number of nitrogens with zero attached hydrogens (tertiary/aromatic N) is 2. The molecular weight excluding hydrogens is 460 g/mol. The Hall–Kier alpha value is -5.16. The van der Waals surface area contributed by atoms with Crippen LogP contribution in [0.25, 0.3) is 77.4 Å². The Morgan fingerprint density at radius 3 is 2.22 bits per heavy atom. The van der Waals surface area contributed by atoms with Gasteiger partial charge in [-0.3, -0.25) is 0 Å². The average molecular weight is 476 g/mol. The van der Waals surface area contributed by atoms with Crippen molar-refractivity contribution in [2.24, 2.45) is 0 Å². The second kappa shape index (κ2) is 6.74. The van der Waals surface area contributed by atoms with Gasteiger partial charge in [-0.1, -0.05) is 36.4 Å². The van der Waals surface area contributed by atoms with Gasteiger partial charge in [0.05, 0.1) is 16.6 Å². The molecule has 5 nitrogen and oxygen atoms in total. The van der Waals surface area contributed by atoms with Crippen LogP contribution in [0.2, 0.25) is 0 Å². The number of hydrogen-bond donors (Lipinski definition) is 0. The predicted molar refractivity (Wildman–Crippen MR) is 145 cm³/mol. The van der Waals surface area contributed by atoms with Crippen LogP contribution in [0, 0.1) is 0 Å². The maximum atomic E-state index is 6.32. The zero-order valence-corrected chi connectivity index (χ0v) is 19.4. The third-order valence-corrected chi connectivity index (χ3v) is 7.29. The van der Waals surface area contributed by atoms with E-state index in [2.05, 4.69) is 24.3 Å². The van der Waals surface area contributed by atoms with Gasteiger partial charge in [0.2, 0.25) is 0 Å². The van der Waals surface area contributed by atoms with Crippen molar-refractivity contribution in [1.29, 1.82) is 0 Å². The van der Waals surface area contributed by atoms with Crippen molar-refractivity contribution >= 4 is 54.8 Å². The molecule has 1 aliphatic rings. The molecule has 0 saturated carbocycles. The summed E-state index contributed by atoms with van der Waals surface area (Å²) in [6, 6.07) is 32.4. The Bertz CT molecular complexity index is 2240. The van der Waals surface area contributed by atoms with Gasteiger partial charge in [0.25, 0.3) is 0 Å². The van der Waals surface area contributed by atoms with E-state index in [0.29, 0.717) is 5.82 Å². The summed E-state index contributed by atoms with van der Waals surface area (Å²) in [5.74, 6) is 2.25. The minimum atomic E-state index is 0.664. The SMILES string of the molecule is c1ccc2c(c1)Oc1cccc3nc(-c4ccc5oc6c(ccc7c8ccccc8oc76)c5c4)nc-2c13. The van der Waals surface area contributed by atoms with Crippen LogP contribution in [0.4, 0.5) is 0 Å². The fourth-order valence-corrected chi connectivity index (χ4v) is 5.59. The monoisotopic (exact) mass is 476 g/mol. The Morgan fingerprint density at radius 2 is 1.30 bits per heavy atom. The maximum absolute atomic E-state index is 6.32. The van der Waals surface area contributed by atoms with E-state index < -0.39 is 0 Å². The van der Waals surface area contributed by atoms with E-state index in [9.17, 15) is 0 Å². The quantitative estimate of drug-likeness (QED) is 0.237. The molecule has 37 heavy (non-hydrogen) atoms. The molecule has 1 aliphatic heterocycles. The smallest absolute Gasteiger partial charge is 0.178 e. The number of para-hydroxylation sites is 2. The van der Waals surface area contributed by atoms with Crippen molar-refractivity contribution in [3.8, 4) is 34.1 Å². The molecule has 5 heteroatoms. The highest BCUT2D eigenvalue weighted by atomic mass is 16.5. The van der Waals surface area contributed by atoms with Gasteiger partial charge in [0.1, 0.15) is 22.7 Å². The van der Waals surface area contributed by atoms with Crippen LogP contribution >= 0.6 is 0 Å². The second-order valence-electron chi connectivity index (χ2n) is 9.37. The number of ether oxygens (including phenoxy) is 1. The van der Waals surface area contributed by atoms with Gasteiger partial charge in [0, 0.05) is 32.7 Å². The third-order valence-electron chi connectivity index (χ3n) is 7.29. The molecule has 0 atom stereocenters. The van der Waals surface area contributed by atoms with Crippen molar-refractivity contribution < 1.29 is 13.6 Å². The Balaban J connectivity index is 1.30. The van der Waals surface area contributed by atoms with Crippen molar-refractivity contribution in [2.75, 3.05) is 0 Å². The van der Waals surface area contributed by atoms with Crippen LogP contribution in [0.1, 0.15) is 0 Å². The number of fused-ring (bicyclic) bond motifs is 9. The summed E-state index contributed by atoms with van der Waals surface area (Å²) in [5.41, 5.74) is 6.82. The molecule has 0 N–H and O–H groups in total. The lowest BCUT2D eigenvalue weighted by Crippen LogP contribution is -2.02. The molecule has 4 heterocycles. The van der Waals surface area contributed by atoms with Crippen LogP contribution in [0.5, 0.6) is 11.5 Å². The van der Waals surface area contributed by atoms with Crippen LogP contribution in [0.15, 0.2) is 106 Å². The standard InChI is InChI=1S/C32H16N2O3/c1-3-9-24-18(6-1)19-13-14-20-22-16-17(12-15-26(22)37-31(20)30(19)36-24)32-33-23-8-5-11-27-28(23)29(34-32)21-7-2-4-10-25(21)35-27/h1-16H. The molecule has 172 valence electrons. The zero-order chi connectivity index (χ0) is 24.1. The van der Waals surface area contributed by atoms with Crippen LogP contribution < -0.4 is 4.74 Å². The highest BCUT2D eigenvalue weighted by molar-refractivity contribution is 6.19. The topological polar surface area (TPSA) is 61.3 Å². The van der Waals surface area contributed by atoms with Crippen molar-refractivity contribution in [3.63, 3.8) is 0 Å². The van der Waals surface area contributed by atoms with Gasteiger partial charge in [-0.2, -0.15) is 0 Å². The van der Waals surface area contributed by atoms with E-state index in [4.69, 9.17) is 23.5 Å². The molecule has 0 radical (unpaired) electrons. The highest BCUT2D eigenvalue weighted by Gasteiger charge is 2.23. The van der Waals surface area contributed by atoms with E-state index >= 15 is 0 Å². The molecule has 8 aromatic rings. The van der Waals surface area contributed by atoms with E-state index in [1.807, 2.05) is 72.8 Å². The lowest BCUT2D eigenvalue weighted by atomic mass is 10.0. The van der Waals surface area contributed by atoms with E-state index in [1.165, 1.54) is 0 Å². The first-order valence-corrected chi connectivity index (χ1v) is 12.2. The summed E-state index contributed by atoms with van der Waals surface area (Å²) in [5, 5.41) is 5.09. The van der Waals surface area contributed by atoms with E-state index in [0.717, 1.165) is 83.1 Å². The first-order valence-electron chi connectivity index (χ1n) is 12.2. The van der Waals surface area contributed by atoms with Gasteiger partial charge in [-0.15, -0.1) is 0 Å². The Kier molecular flexibility index (Phi) is 3.47. The molecular formula is C32H16N2O3. The zero-order valence-electron chi connectivity index (χ0n) is 19.4. The lowest BCUT2D eigenvalue weighted by molar-refractivity contribution is 0.486. The average Bonchev–Trinajstić information content (AvgIpc) is 3.51. The van der Waals surface area contributed by atoms with Gasteiger partial charge in [-0.05, 0) is 60.7 Å². The van der Waals surface area contributed by atoms with Crippen molar-refractivity contribution in [3.05, 3.63) is 97.1 Å². The molecule has 0 saturated heterocycles. The van der Waals surface area contributed by atoms with Gasteiger partial charge in [-0.25, -0.2) is 9.97 Å². The minimum absolute atomic E-state index is 0.664. The number of aromatic nitrogens is 2. The molecule has 0 amide bonds. The molecule has 9 rings (SSSR count). The molecule has 0 fully saturated rings. The van der Waals surface area contributed by atoms with E-state index in [1.54, 1.807) is 0 Å². The molecule has 0 bridgehead atoms. The van der Waals surface area contributed by atoms with Gasteiger partial charge in [0.15, 0.2) is 17.0 Å². The highest BCUT2D eigenvalue weighted by Crippen LogP contribution is 2.46. The minimum Gasteiger partial charge on any atom is -0.456 e. The molecule has 0 unspecified atom stereocenters. The number of hydrogen-bond acceptors (Lipinski definition) is 5. The van der Waals surface area contributed by atoms with Crippen molar-refractivity contribution in [2.45, 2.75) is 0 Å². The first kappa shape index (κ1) is 19.1. The number of furan rings is 2. The fourth-order valence-electron chi connectivity index (χ4n) is 5.59. The van der Waals surface area contributed by atoms with Crippen LogP contribution in [0.3, 0.4) is 0 Å². The van der Waals surface area contributed by atoms with Crippen LogP contribution in [-0.4, -0.2) is 9.97 Å². The van der Waals surface area contributed by atoms with Crippen molar-refractivity contribution in [1.82, 2.24) is 9.97 Å². The van der Waals surface area contributed by atoms with Crippen LogP contribution in [-0.2, 0) is 0 Å². The summed E-state index contributed by atoms with van der Waals surface area (Å²) in [4.78, 5) is 9.98. The molecule has 3 aromatic heterocycles. The second-order valence-corrected chi connectivity index (χ2v) is 9.37. The maximum Gasteiger partial charge on any atom is 0.178 e. The summed E-state index contributed by atoms with van der Waals surface area (Å²) in [6.07, 6.45) is 0. The lowest BCUT2D eigenvalue weighted by Gasteiger charge is -2.20. The molecule has 0 spiro atoms. The molecule has 5 aromatic carbocycles. The van der Waals surface area contributed by atoms with Gasteiger partial charge < -0.3 is 13.6 Å². The number of rotatable bonds is 1. The predicted octanol–water partition coefficient (Wildman–Crippen LogP) is 8.87. The van der Waals surface area contributed by atoms with Gasteiger partial charge >= 0.3 is 0 Å². The summed E-state index contributed by atoms with van der Waals surface area (Å²) in [7, 11) is 0. The normalized spacial score (nSPS) is 12.5. The largest absolute Gasteiger partial charge is 0.456 e. The Labute approximate surface area is 209 Å². The van der Waals surface area contributed by atoms with E-state index in [-0.39, 0.29) is 0 Å². The summed E-state index contributed by atoms with van der Waals surface area (Å²) >= 11 is 0. The summed E-state index contributed by atoms with van der Waals surface area (Å²) in [6.45, 7) is 0. The Morgan fingerprint density at radius 1 is 0.541 bits per heavy atom.